The largest absolute Gasteiger partial charge is 0.463 e. The summed E-state index contributed by atoms with van der Waals surface area (Å²) in [5.41, 5.74) is 10.6. The molecule has 9 aliphatic heterocycles. The highest BCUT2D eigenvalue weighted by atomic mass is 35.5. The Morgan fingerprint density at radius 1 is 0.522 bits per heavy atom. The van der Waals surface area contributed by atoms with Crippen LogP contribution in [0, 0.1) is 32.1 Å². The van der Waals surface area contributed by atoms with Crippen molar-refractivity contribution in [2.75, 3.05) is 194 Å². The van der Waals surface area contributed by atoms with Crippen molar-refractivity contribution < 1.29 is 37.4 Å². The topological polar surface area (TPSA) is 208 Å². The SMILES string of the molecule is [C-]#[N+]C[C@H]1CN(c2nc(OCC3(C)CCCN(C)C3)nc3c2CCN(c2cccc4cccc(C)c24)C3)CCN1C(=O)C=C.[C-]#[N+]C[C@H]1CN(c2nc(OCC3(CC)CCCN3C)nc3c2CCN(c2cccc4cccc(Cl)c24)C3)CCN1C(=O)/C=C/CF.[C-]#[N+]C[C@H]1CN(c2nc(OCC3CCN3C3CCCC3)nc3c2CCN(c2cccc4cccc(Cl)c24)C3)CCN1C(=O)C(=C)F. The fraction of sp³-hybridized carbons (Fsp3) is 0.486. The zero-order valence-corrected chi connectivity index (χ0v) is 80.4. The molecule has 0 spiro atoms. The number of piperidine rings is 1. The van der Waals surface area contributed by atoms with Gasteiger partial charge in [-0.1, -0.05) is 142 Å². The van der Waals surface area contributed by atoms with Crippen LogP contribution in [0.2, 0.25) is 10.0 Å². The van der Waals surface area contributed by atoms with Crippen LogP contribution < -0.4 is 43.6 Å². The van der Waals surface area contributed by atoms with Crippen molar-refractivity contribution in [1.29, 1.82) is 0 Å². The molecule has 12 heterocycles. The van der Waals surface area contributed by atoms with Crippen molar-refractivity contribution in [3.8, 4) is 18.0 Å². The van der Waals surface area contributed by atoms with Gasteiger partial charge in [-0.2, -0.15) is 29.9 Å². The number of aryl methyl sites for hydroxylation is 1. The molecule has 6 aromatic carbocycles. The van der Waals surface area contributed by atoms with Crippen LogP contribution in [0.4, 0.5) is 43.3 Å². The molecule has 19 rings (SSSR count). The Hall–Kier alpha value is -12.0. The lowest BCUT2D eigenvalue weighted by atomic mass is 9.83. The number of piperazine rings is 3. The van der Waals surface area contributed by atoms with Crippen LogP contribution >= 0.6 is 23.2 Å². The zero-order chi connectivity index (χ0) is 94.9. The van der Waals surface area contributed by atoms with Gasteiger partial charge in [0.1, 0.15) is 55.5 Å². The van der Waals surface area contributed by atoms with Crippen molar-refractivity contribution >= 4 is 108 Å². The van der Waals surface area contributed by atoms with E-state index in [1.54, 1.807) is 9.80 Å². The second-order valence-electron chi connectivity index (χ2n) is 38.3. The summed E-state index contributed by atoms with van der Waals surface area (Å²) in [5.74, 6) is 0.313. The molecule has 7 fully saturated rings. The number of likely N-dealkylation sites (N-methyl/N-ethyl adjacent to an activating group) is 1. The number of fused-ring (bicyclic) bond motifs is 6. The summed E-state index contributed by atoms with van der Waals surface area (Å²) < 4.78 is 45.9. The Morgan fingerprint density at radius 2 is 0.971 bits per heavy atom. The van der Waals surface area contributed by atoms with Gasteiger partial charge in [0.25, 0.3) is 5.91 Å². The number of hydrogen-bond donors (Lipinski definition) is 0. The lowest BCUT2D eigenvalue weighted by Gasteiger charge is -2.44. The summed E-state index contributed by atoms with van der Waals surface area (Å²) >= 11 is 13.4. The van der Waals surface area contributed by atoms with Gasteiger partial charge in [-0.05, 0) is 169 Å². The van der Waals surface area contributed by atoms with Crippen LogP contribution in [0.5, 0.6) is 18.0 Å². The summed E-state index contributed by atoms with van der Waals surface area (Å²) in [6, 6.07) is 38.5. The molecular formula is C105H123Cl2F2N21O6. The highest BCUT2D eigenvalue weighted by molar-refractivity contribution is 6.37. The predicted octanol–water partition coefficient (Wildman–Crippen LogP) is 16.0. The Kier molecular flexibility index (Phi) is 30.0. The Morgan fingerprint density at radius 3 is 1.42 bits per heavy atom. The summed E-state index contributed by atoms with van der Waals surface area (Å²) in [5, 5.41) is 8.19. The minimum absolute atomic E-state index is 0.0380. The number of amides is 3. The molecule has 31 heteroatoms. The van der Waals surface area contributed by atoms with Gasteiger partial charge in [0.2, 0.25) is 31.4 Å². The van der Waals surface area contributed by atoms with Crippen molar-refractivity contribution in [1.82, 2.24) is 59.3 Å². The molecule has 712 valence electrons. The number of ether oxygens (including phenoxy) is 3. The maximum absolute atomic E-state index is 13.9. The maximum atomic E-state index is 13.9. The third-order valence-corrected chi connectivity index (χ3v) is 30.3. The number of benzene rings is 6. The van der Waals surface area contributed by atoms with Gasteiger partial charge >= 0.3 is 18.0 Å². The van der Waals surface area contributed by atoms with Gasteiger partial charge in [-0.15, -0.1) is 0 Å². The fourth-order valence-corrected chi connectivity index (χ4v) is 22.9. The number of alkyl halides is 1. The molecule has 3 aromatic heterocycles. The molecule has 1 saturated carbocycles. The van der Waals surface area contributed by atoms with E-state index in [0.29, 0.717) is 133 Å². The van der Waals surface area contributed by atoms with E-state index in [-0.39, 0.29) is 61.0 Å². The number of likely N-dealkylation sites (tertiary alicyclic amines) is 3. The quantitative estimate of drug-likeness (QED) is 0.0407. The number of carbonyl (C=O) groups excluding carboxylic acids is 3. The monoisotopic (exact) mass is 1880 g/mol. The molecule has 136 heavy (non-hydrogen) atoms. The van der Waals surface area contributed by atoms with E-state index in [9.17, 15) is 23.2 Å². The number of hydrogen-bond acceptors (Lipinski definition) is 21. The average Bonchev–Trinajstić information content (AvgIpc) is 0.822. The van der Waals surface area contributed by atoms with E-state index in [1.165, 1.54) is 70.8 Å². The number of aromatic nitrogens is 6. The first-order valence-electron chi connectivity index (χ1n) is 48.2. The van der Waals surface area contributed by atoms with E-state index >= 15 is 0 Å². The van der Waals surface area contributed by atoms with Crippen LogP contribution in [-0.2, 0) is 53.3 Å². The molecule has 3 unspecified atom stereocenters. The molecule has 9 aromatic rings. The molecule has 27 nitrogen and oxygen atoms in total. The number of anilines is 6. The smallest absolute Gasteiger partial charge is 0.318 e. The summed E-state index contributed by atoms with van der Waals surface area (Å²) in [4.78, 5) is 105. The van der Waals surface area contributed by atoms with Crippen LogP contribution in [0.15, 0.2) is 146 Å². The zero-order valence-electron chi connectivity index (χ0n) is 78.9. The van der Waals surface area contributed by atoms with E-state index in [4.69, 9.17) is 87.0 Å². The molecule has 3 amide bonds. The molecule has 6 atom stereocenters. The summed E-state index contributed by atoms with van der Waals surface area (Å²) in [7, 11) is 4.33. The highest BCUT2D eigenvalue weighted by Crippen LogP contribution is 2.44. The van der Waals surface area contributed by atoms with Crippen molar-refractivity contribution in [2.24, 2.45) is 5.41 Å². The van der Waals surface area contributed by atoms with E-state index in [1.807, 2.05) is 24.3 Å². The molecular weight excluding hydrogens is 1760 g/mol. The Balaban J connectivity index is 0.000000142. The minimum Gasteiger partial charge on any atom is -0.463 e. The molecule has 6 saturated heterocycles. The normalized spacial score (nSPS) is 22.1. The average molecular weight is 1880 g/mol. The second kappa shape index (κ2) is 42.7. The van der Waals surface area contributed by atoms with E-state index in [0.717, 1.165) is 186 Å². The third kappa shape index (κ3) is 20.7. The van der Waals surface area contributed by atoms with Gasteiger partial charge in [0.15, 0.2) is 5.83 Å². The van der Waals surface area contributed by atoms with Gasteiger partial charge in [-0.3, -0.25) is 24.2 Å². The highest BCUT2D eigenvalue weighted by Gasteiger charge is 2.44. The number of allylic oxidation sites excluding steroid dienone is 1. The number of halogens is 4. The molecule has 0 N–H and O–H groups in total. The first-order valence-corrected chi connectivity index (χ1v) is 49.0. The van der Waals surface area contributed by atoms with Crippen molar-refractivity contribution in [3.63, 3.8) is 0 Å². The van der Waals surface area contributed by atoms with Crippen LogP contribution in [-0.4, -0.2) is 278 Å². The summed E-state index contributed by atoms with van der Waals surface area (Å²) in [6.07, 6.45) is 17.7. The van der Waals surface area contributed by atoms with E-state index in [2.05, 4.69) is 192 Å². The minimum atomic E-state index is -1.00. The standard InChI is InChI=1S/C35H39ClFN7O2.C35H41ClFN7O2.C35H43N7O2/c1-23(37)34(45)44-18-17-42(20-27(44)19-38-2)33-28-14-15-41(31-12-6-8-24-7-5-11-29(36)32(24)31)21-30(28)39-35(40-33)46-22-26-13-16-43(26)25-9-3-4-10-25;1-4-35(15-8-17-41(35)3)24-46-34-39-29-23-42(30-12-6-10-25-9-5-11-28(36)32(25)30)18-14-27(29)33(40-34)43-19-20-44(26(22-43)21-38-2)31(45)13-7-16-37;1-6-31(43)42-19-18-41(21-27(42)20-36-4)33-28-14-17-40(30-13-8-12-26-11-7-10-25(2)32(26)30)22-29(28)37-34(38-33)44-24-35(3)15-9-16-39(5)23-35/h5-8,11-12,25-27H,1,3-4,9-10,13-22H2;5-7,9-13,26H,4,8,14-24H2,1,3H3;6-8,10-13,27H,1,9,14-24H2,2-3,5H3/b;13-7+;/t26?,27-;26-,35?;27-,35?/m000/s1. The van der Waals surface area contributed by atoms with Crippen molar-refractivity contribution in [2.45, 2.75) is 160 Å². The molecule has 10 aliphatic rings. The number of nitrogens with zero attached hydrogens (tertiary/aromatic N) is 21. The lowest BCUT2D eigenvalue weighted by Crippen LogP contribution is -2.57. The predicted molar refractivity (Wildman–Crippen MR) is 534 cm³/mol. The number of rotatable bonds is 24. The molecule has 0 radical (unpaired) electrons. The van der Waals surface area contributed by atoms with Gasteiger partial charge < -0.3 is 77.7 Å². The van der Waals surface area contributed by atoms with Gasteiger partial charge in [0.05, 0.1) is 58.9 Å². The molecule has 0 bridgehead atoms. The first-order chi connectivity index (χ1) is 66.1. The van der Waals surface area contributed by atoms with Crippen LogP contribution in [0.3, 0.4) is 0 Å². The van der Waals surface area contributed by atoms with Gasteiger partial charge in [0, 0.05) is 165 Å². The summed E-state index contributed by atoms with van der Waals surface area (Å²) in [6.45, 7) is 50.1. The van der Waals surface area contributed by atoms with Gasteiger partial charge in [-0.25, -0.2) is 28.5 Å². The second-order valence-corrected chi connectivity index (χ2v) is 39.1. The Bertz CT molecular complexity index is 6090. The third-order valence-electron chi connectivity index (χ3n) is 29.7. The number of carbonyl (C=O) groups is 3. The molecule has 1 aliphatic carbocycles. The maximum Gasteiger partial charge on any atom is 0.318 e. The van der Waals surface area contributed by atoms with Crippen molar-refractivity contribution in [3.05, 3.63) is 230 Å². The van der Waals surface area contributed by atoms with Crippen LogP contribution in [0.25, 0.3) is 46.9 Å². The van der Waals surface area contributed by atoms with E-state index < -0.39 is 24.5 Å². The fourth-order valence-electron chi connectivity index (χ4n) is 22.4. The first kappa shape index (κ1) is 95.7. The van der Waals surface area contributed by atoms with Crippen LogP contribution in [0.1, 0.15) is 117 Å². The Labute approximate surface area is 807 Å². The lowest BCUT2D eigenvalue weighted by molar-refractivity contribution is -0.131.